The number of aromatic nitrogens is 2. The fourth-order valence-electron chi connectivity index (χ4n) is 6.89. The van der Waals surface area contributed by atoms with Gasteiger partial charge in [0.2, 0.25) is 11.9 Å². The fourth-order valence-corrected chi connectivity index (χ4v) is 7.09. The van der Waals surface area contributed by atoms with Crippen molar-refractivity contribution in [2.75, 3.05) is 44.4 Å². The van der Waals surface area contributed by atoms with Crippen molar-refractivity contribution in [2.24, 2.45) is 29.6 Å². The van der Waals surface area contributed by atoms with Gasteiger partial charge in [-0.15, -0.1) is 0 Å². The standard InChI is InChI=1S/C33H48ClN7O/c1-4-7-24-14-25(19-36-18-23-10-12-27(13-11-23)32(42)41(2)3)16-26(15-24)20-37-31-29(17-35)22-39-33(40-31)38-21-28-8-5-6-9-30(28)34/h5-6,8-9,22-27,36H,4,7,10-16,18-21H2,1-3H3,(H2,37,38,39,40)/t23?,24?,25-,26-,27?/m1/s1. The van der Waals surface area contributed by atoms with Crippen LogP contribution in [0.15, 0.2) is 30.5 Å². The second-order valence-corrected chi connectivity index (χ2v) is 13.0. The predicted octanol–water partition coefficient (Wildman–Crippen LogP) is 6.34. The summed E-state index contributed by atoms with van der Waals surface area (Å²) in [5, 5.41) is 20.9. The fraction of sp³-hybridized carbons (Fsp3) is 0.636. The van der Waals surface area contributed by atoms with Crippen LogP contribution in [0.25, 0.3) is 0 Å². The van der Waals surface area contributed by atoms with Crippen LogP contribution in [0.1, 0.15) is 75.8 Å². The zero-order chi connectivity index (χ0) is 29.9. The Hall–Kier alpha value is -2.89. The molecule has 2 aromatic rings. The molecule has 1 amide bonds. The average Bonchev–Trinajstić information content (AvgIpc) is 2.99. The highest BCUT2D eigenvalue weighted by atomic mass is 35.5. The molecule has 0 radical (unpaired) electrons. The molecule has 1 aromatic carbocycles. The third-order valence-corrected chi connectivity index (χ3v) is 9.43. The number of rotatable bonds is 13. The molecule has 2 saturated carbocycles. The maximum atomic E-state index is 12.3. The van der Waals surface area contributed by atoms with Crippen LogP contribution in [-0.4, -0.2) is 54.5 Å². The van der Waals surface area contributed by atoms with Gasteiger partial charge in [-0.2, -0.15) is 10.2 Å². The maximum Gasteiger partial charge on any atom is 0.225 e. The van der Waals surface area contributed by atoms with Gasteiger partial charge in [-0.05, 0) is 93.3 Å². The highest BCUT2D eigenvalue weighted by molar-refractivity contribution is 6.31. The Balaban J connectivity index is 1.27. The van der Waals surface area contributed by atoms with Crippen LogP contribution in [-0.2, 0) is 11.3 Å². The van der Waals surface area contributed by atoms with Gasteiger partial charge in [-0.25, -0.2) is 4.98 Å². The summed E-state index contributed by atoms with van der Waals surface area (Å²) in [6.07, 6.45) is 12.1. The predicted molar refractivity (Wildman–Crippen MR) is 170 cm³/mol. The summed E-state index contributed by atoms with van der Waals surface area (Å²) in [5.74, 6) is 4.17. The van der Waals surface area contributed by atoms with Crippen LogP contribution in [0.4, 0.5) is 11.8 Å². The van der Waals surface area contributed by atoms with Crippen molar-refractivity contribution < 1.29 is 4.79 Å². The first-order valence-corrected chi connectivity index (χ1v) is 16.1. The number of carbonyl (C=O) groups excluding carboxylic acids is 1. The van der Waals surface area contributed by atoms with Gasteiger partial charge in [0.15, 0.2) is 0 Å². The number of carbonyl (C=O) groups is 1. The second kappa shape index (κ2) is 16.1. The van der Waals surface area contributed by atoms with Crippen LogP contribution >= 0.6 is 11.6 Å². The smallest absolute Gasteiger partial charge is 0.225 e. The molecule has 0 saturated heterocycles. The number of benzene rings is 1. The zero-order valence-corrected chi connectivity index (χ0v) is 26.3. The first kappa shape index (κ1) is 32.0. The van der Waals surface area contributed by atoms with Crippen molar-refractivity contribution in [3.8, 4) is 6.07 Å². The Morgan fingerprint density at radius 3 is 2.38 bits per heavy atom. The molecule has 1 unspecified atom stereocenters. The van der Waals surface area contributed by atoms with Crippen molar-refractivity contribution in [2.45, 2.75) is 71.3 Å². The van der Waals surface area contributed by atoms with Crippen LogP contribution in [0.5, 0.6) is 0 Å². The van der Waals surface area contributed by atoms with Gasteiger partial charge >= 0.3 is 0 Å². The Labute approximate surface area is 257 Å². The molecule has 0 aliphatic heterocycles. The molecule has 8 nitrogen and oxygen atoms in total. The number of nitrogens with zero attached hydrogens (tertiary/aromatic N) is 4. The van der Waals surface area contributed by atoms with Gasteiger partial charge in [-0.3, -0.25) is 4.79 Å². The molecule has 1 heterocycles. The third-order valence-electron chi connectivity index (χ3n) is 9.06. The number of anilines is 2. The Morgan fingerprint density at radius 2 is 1.69 bits per heavy atom. The summed E-state index contributed by atoms with van der Waals surface area (Å²) in [6.45, 7) is 5.70. The highest BCUT2D eigenvalue weighted by Gasteiger charge is 2.30. The van der Waals surface area contributed by atoms with E-state index in [2.05, 4.69) is 38.9 Å². The van der Waals surface area contributed by atoms with E-state index in [1.54, 1.807) is 11.1 Å². The van der Waals surface area contributed by atoms with Crippen molar-refractivity contribution in [1.29, 1.82) is 5.26 Å². The Kier molecular flexibility index (Phi) is 12.3. The molecule has 0 spiro atoms. The van der Waals surface area contributed by atoms with E-state index in [9.17, 15) is 10.1 Å². The van der Waals surface area contributed by atoms with Crippen molar-refractivity contribution >= 4 is 29.3 Å². The zero-order valence-electron chi connectivity index (χ0n) is 25.5. The lowest BCUT2D eigenvalue weighted by atomic mass is 9.73. The molecule has 9 heteroatoms. The molecule has 2 aliphatic rings. The minimum absolute atomic E-state index is 0.211. The summed E-state index contributed by atoms with van der Waals surface area (Å²) in [6, 6.07) is 9.93. The van der Waals surface area contributed by atoms with Crippen LogP contribution in [0.3, 0.4) is 0 Å². The molecule has 228 valence electrons. The van der Waals surface area contributed by atoms with E-state index < -0.39 is 0 Å². The first-order chi connectivity index (χ1) is 20.4. The molecule has 3 N–H and O–H groups in total. The normalized spacial score (nSPS) is 24.0. The Bertz CT molecular complexity index is 1190. The van der Waals surface area contributed by atoms with Crippen LogP contribution < -0.4 is 16.0 Å². The lowest BCUT2D eigenvalue weighted by molar-refractivity contribution is -0.134. The topological polar surface area (TPSA) is 106 Å². The maximum absolute atomic E-state index is 12.3. The largest absolute Gasteiger partial charge is 0.369 e. The minimum Gasteiger partial charge on any atom is -0.369 e. The summed E-state index contributed by atoms with van der Waals surface area (Å²) < 4.78 is 0. The minimum atomic E-state index is 0.211. The molecule has 4 rings (SSSR count). The summed E-state index contributed by atoms with van der Waals surface area (Å²) >= 11 is 6.29. The van der Waals surface area contributed by atoms with E-state index in [0.717, 1.165) is 56.8 Å². The van der Waals surface area contributed by atoms with Crippen molar-refractivity contribution in [3.63, 3.8) is 0 Å². The number of nitriles is 1. The molecule has 42 heavy (non-hydrogen) atoms. The quantitative estimate of drug-likeness (QED) is 0.249. The summed E-state index contributed by atoms with van der Waals surface area (Å²) in [5.41, 5.74) is 1.43. The first-order valence-electron chi connectivity index (χ1n) is 15.8. The molecule has 3 atom stereocenters. The van der Waals surface area contributed by atoms with E-state index in [1.165, 1.54) is 32.1 Å². The average molecular weight is 594 g/mol. The highest BCUT2D eigenvalue weighted by Crippen LogP contribution is 2.36. The number of halogens is 1. The van der Waals surface area contributed by atoms with Gasteiger partial charge in [-0.1, -0.05) is 49.6 Å². The lowest BCUT2D eigenvalue weighted by Crippen LogP contribution is -2.37. The van der Waals surface area contributed by atoms with Gasteiger partial charge < -0.3 is 20.9 Å². The summed E-state index contributed by atoms with van der Waals surface area (Å²) in [7, 11) is 3.73. The van der Waals surface area contributed by atoms with Crippen molar-refractivity contribution in [1.82, 2.24) is 20.2 Å². The third kappa shape index (κ3) is 9.31. The van der Waals surface area contributed by atoms with E-state index in [-0.39, 0.29) is 5.92 Å². The second-order valence-electron chi connectivity index (χ2n) is 12.6. The number of hydrogen-bond donors (Lipinski definition) is 3. The molecule has 0 bridgehead atoms. The monoisotopic (exact) mass is 593 g/mol. The van der Waals surface area contributed by atoms with Gasteiger partial charge in [0, 0.05) is 38.1 Å². The van der Waals surface area contributed by atoms with E-state index in [0.29, 0.717) is 52.6 Å². The van der Waals surface area contributed by atoms with Gasteiger partial charge in [0.05, 0.1) is 6.20 Å². The molecular weight excluding hydrogens is 546 g/mol. The number of hydrogen-bond acceptors (Lipinski definition) is 7. The van der Waals surface area contributed by atoms with E-state index in [4.69, 9.17) is 11.6 Å². The Morgan fingerprint density at radius 1 is 1.00 bits per heavy atom. The van der Waals surface area contributed by atoms with Gasteiger partial charge in [0.25, 0.3) is 0 Å². The SMILES string of the molecule is CCCC1C[C@@H](CNCC2CCC(C(=O)N(C)C)CC2)C[C@H](CNc2nc(NCc3ccccc3Cl)ncc2C#N)C1. The van der Waals surface area contributed by atoms with Crippen LogP contribution in [0, 0.1) is 40.9 Å². The molecule has 2 fully saturated rings. The van der Waals surface area contributed by atoms with E-state index >= 15 is 0 Å². The molecular formula is C33H48ClN7O. The number of amides is 1. The molecule has 1 aromatic heterocycles. The van der Waals surface area contributed by atoms with Crippen molar-refractivity contribution in [3.05, 3.63) is 46.6 Å². The summed E-state index contributed by atoms with van der Waals surface area (Å²) in [4.78, 5) is 23.0. The van der Waals surface area contributed by atoms with Crippen LogP contribution in [0.2, 0.25) is 5.02 Å². The molecule has 2 aliphatic carbocycles. The lowest BCUT2D eigenvalue weighted by Gasteiger charge is -2.36. The van der Waals surface area contributed by atoms with Gasteiger partial charge in [0.1, 0.15) is 17.5 Å². The number of nitrogens with one attached hydrogen (secondary N) is 3. The van der Waals surface area contributed by atoms with E-state index in [1.807, 2.05) is 38.4 Å².